The van der Waals surface area contributed by atoms with Crippen molar-refractivity contribution in [3.05, 3.63) is 70.1 Å². The van der Waals surface area contributed by atoms with Gasteiger partial charge < -0.3 is 14.6 Å². The van der Waals surface area contributed by atoms with Gasteiger partial charge in [-0.25, -0.2) is 4.98 Å². The Morgan fingerprint density at radius 2 is 2.00 bits per heavy atom. The number of rotatable bonds is 4. The normalized spacial score (nSPS) is 16.5. The number of aryl methyl sites for hydroxylation is 1. The molecule has 28 heavy (non-hydrogen) atoms. The molecule has 2 aromatic heterocycles. The molecule has 1 N–H and O–H groups in total. The molecule has 7 heteroatoms. The average molecular weight is 441 g/mol. The fraction of sp³-hybridized carbons (Fsp3) is 0.286. The van der Waals surface area contributed by atoms with Crippen LogP contribution < -0.4 is 5.32 Å². The van der Waals surface area contributed by atoms with Crippen LogP contribution in [-0.2, 0) is 11.3 Å². The number of nitrogens with zero attached hydrogens (tertiary/aromatic N) is 3. The minimum atomic E-state index is -0.435. The minimum absolute atomic E-state index is 0.103. The van der Waals surface area contributed by atoms with Crippen molar-refractivity contribution >= 4 is 33.4 Å². The zero-order chi connectivity index (χ0) is 19.7. The molecule has 1 fully saturated rings. The highest BCUT2D eigenvalue weighted by atomic mass is 79.9. The maximum atomic E-state index is 12.8. The molecule has 144 valence electrons. The van der Waals surface area contributed by atoms with Crippen LogP contribution in [0.15, 0.2) is 53.1 Å². The predicted octanol–water partition coefficient (Wildman–Crippen LogP) is 3.33. The first-order valence-corrected chi connectivity index (χ1v) is 10.1. The molecule has 0 spiro atoms. The van der Waals surface area contributed by atoms with Crippen molar-refractivity contribution in [3.63, 3.8) is 0 Å². The lowest BCUT2D eigenvalue weighted by Gasteiger charge is -2.24. The van der Waals surface area contributed by atoms with Crippen LogP contribution in [0.1, 0.15) is 34.6 Å². The highest BCUT2D eigenvalue weighted by Crippen LogP contribution is 2.21. The summed E-state index contributed by atoms with van der Waals surface area (Å²) in [5.74, 6) is -0.231. The van der Waals surface area contributed by atoms with Gasteiger partial charge in [0.2, 0.25) is 5.91 Å². The summed E-state index contributed by atoms with van der Waals surface area (Å²) >= 11 is 3.38. The summed E-state index contributed by atoms with van der Waals surface area (Å²) in [7, 11) is 0. The van der Waals surface area contributed by atoms with Crippen molar-refractivity contribution < 1.29 is 9.59 Å². The molecule has 4 rings (SSSR count). The van der Waals surface area contributed by atoms with Crippen LogP contribution >= 0.6 is 15.9 Å². The second-order valence-corrected chi connectivity index (χ2v) is 7.92. The Labute approximate surface area is 171 Å². The fourth-order valence-corrected chi connectivity index (χ4v) is 3.88. The number of hydrogen-bond acceptors (Lipinski definition) is 3. The van der Waals surface area contributed by atoms with Gasteiger partial charge in [-0.15, -0.1) is 0 Å². The molecular formula is C21H21BrN4O2. The van der Waals surface area contributed by atoms with Gasteiger partial charge in [0.05, 0.1) is 12.2 Å². The Morgan fingerprint density at radius 3 is 2.75 bits per heavy atom. The van der Waals surface area contributed by atoms with Crippen molar-refractivity contribution in [1.82, 2.24) is 19.6 Å². The summed E-state index contributed by atoms with van der Waals surface area (Å²) in [6, 6.07) is 12.7. The van der Waals surface area contributed by atoms with E-state index >= 15 is 0 Å². The van der Waals surface area contributed by atoms with Gasteiger partial charge in [-0.05, 0) is 56.2 Å². The van der Waals surface area contributed by atoms with E-state index in [0.29, 0.717) is 25.1 Å². The molecule has 0 aliphatic carbocycles. The number of fused-ring (bicyclic) bond motifs is 1. The molecule has 1 unspecified atom stereocenters. The van der Waals surface area contributed by atoms with Gasteiger partial charge in [0.15, 0.2) is 0 Å². The number of likely N-dealkylation sites (tertiary alicyclic amines) is 1. The molecule has 3 heterocycles. The van der Waals surface area contributed by atoms with Crippen molar-refractivity contribution in [2.24, 2.45) is 0 Å². The molecule has 0 saturated carbocycles. The highest BCUT2D eigenvalue weighted by Gasteiger charge is 2.34. The molecule has 1 saturated heterocycles. The number of hydrogen-bond donors (Lipinski definition) is 1. The Hall–Kier alpha value is -2.67. The summed E-state index contributed by atoms with van der Waals surface area (Å²) in [6.07, 6.45) is 3.44. The lowest BCUT2D eigenvalue weighted by Crippen LogP contribution is -2.45. The van der Waals surface area contributed by atoms with Crippen LogP contribution in [0.3, 0.4) is 0 Å². The number of imidazole rings is 1. The van der Waals surface area contributed by atoms with Crippen LogP contribution in [0.5, 0.6) is 0 Å². The fourth-order valence-electron chi connectivity index (χ4n) is 3.62. The molecule has 1 aromatic carbocycles. The van der Waals surface area contributed by atoms with E-state index in [1.165, 1.54) is 0 Å². The highest BCUT2D eigenvalue weighted by molar-refractivity contribution is 9.10. The maximum absolute atomic E-state index is 12.8. The van der Waals surface area contributed by atoms with Gasteiger partial charge in [-0.2, -0.15) is 0 Å². The van der Waals surface area contributed by atoms with Crippen LogP contribution in [0.4, 0.5) is 0 Å². The monoisotopic (exact) mass is 440 g/mol. The van der Waals surface area contributed by atoms with E-state index in [2.05, 4.69) is 26.2 Å². The summed E-state index contributed by atoms with van der Waals surface area (Å²) in [6.45, 7) is 2.96. The van der Waals surface area contributed by atoms with E-state index in [0.717, 1.165) is 27.9 Å². The molecule has 6 nitrogen and oxygen atoms in total. The number of nitrogens with one attached hydrogen (secondary N) is 1. The van der Waals surface area contributed by atoms with Gasteiger partial charge in [0.25, 0.3) is 5.91 Å². The van der Waals surface area contributed by atoms with Gasteiger partial charge in [-0.1, -0.05) is 22.0 Å². The van der Waals surface area contributed by atoms with E-state index in [1.54, 1.807) is 17.0 Å². The van der Waals surface area contributed by atoms with Crippen LogP contribution in [-0.4, -0.2) is 38.7 Å². The summed E-state index contributed by atoms with van der Waals surface area (Å²) in [4.78, 5) is 31.8. The largest absolute Gasteiger partial charge is 0.349 e. The Morgan fingerprint density at radius 1 is 1.21 bits per heavy atom. The first-order valence-electron chi connectivity index (χ1n) is 9.31. The smallest absolute Gasteiger partial charge is 0.254 e. The van der Waals surface area contributed by atoms with E-state index in [4.69, 9.17) is 0 Å². The number of carbonyl (C=O) groups is 2. The van der Waals surface area contributed by atoms with E-state index in [9.17, 15) is 9.59 Å². The Kier molecular flexibility index (Phi) is 5.17. The van der Waals surface area contributed by atoms with Gasteiger partial charge in [0.1, 0.15) is 11.7 Å². The number of amides is 2. The number of benzene rings is 1. The summed E-state index contributed by atoms with van der Waals surface area (Å²) in [5, 5.41) is 2.95. The lowest BCUT2D eigenvalue weighted by atomic mass is 10.1. The minimum Gasteiger partial charge on any atom is -0.349 e. The lowest BCUT2D eigenvalue weighted by molar-refractivity contribution is -0.125. The molecule has 0 bridgehead atoms. The average Bonchev–Trinajstić information content (AvgIpc) is 3.34. The topological polar surface area (TPSA) is 66.7 Å². The molecule has 0 radical (unpaired) electrons. The van der Waals surface area contributed by atoms with Crippen molar-refractivity contribution in [2.75, 3.05) is 6.54 Å². The zero-order valence-corrected chi connectivity index (χ0v) is 17.1. The number of aromatic nitrogens is 2. The van der Waals surface area contributed by atoms with Crippen molar-refractivity contribution in [1.29, 1.82) is 0 Å². The first kappa shape index (κ1) is 18.7. The van der Waals surface area contributed by atoms with Crippen molar-refractivity contribution in [2.45, 2.75) is 32.4 Å². The quantitative estimate of drug-likeness (QED) is 0.676. The third-order valence-electron chi connectivity index (χ3n) is 5.10. The molecule has 3 aromatic rings. The Balaban J connectivity index is 1.43. The van der Waals surface area contributed by atoms with Crippen LogP contribution in [0.25, 0.3) is 5.65 Å². The molecule has 1 aliphatic rings. The maximum Gasteiger partial charge on any atom is 0.254 e. The zero-order valence-electron chi connectivity index (χ0n) is 15.6. The van der Waals surface area contributed by atoms with E-state index < -0.39 is 6.04 Å². The predicted molar refractivity (Wildman–Crippen MR) is 110 cm³/mol. The number of halogens is 1. The first-order chi connectivity index (χ1) is 13.5. The summed E-state index contributed by atoms with van der Waals surface area (Å²) in [5.41, 5.74) is 3.34. The molecular weight excluding hydrogens is 420 g/mol. The summed E-state index contributed by atoms with van der Waals surface area (Å²) < 4.78 is 2.92. The second kappa shape index (κ2) is 7.75. The third kappa shape index (κ3) is 3.67. The molecule has 1 atom stereocenters. The standard InChI is InChI=1S/C21H21BrN4O2/c1-14-4-2-6-19-24-17(13-26(14)19)12-23-20(27)18-5-3-11-25(18)21(28)15-7-9-16(22)10-8-15/h2,4,6-10,13,18H,3,5,11-12H2,1H3,(H,23,27). The number of carbonyl (C=O) groups excluding carboxylic acids is 2. The van der Waals surface area contributed by atoms with E-state index in [-0.39, 0.29) is 11.8 Å². The van der Waals surface area contributed by atoms with Gasteiger partial charge >= 0.3 is 0 Å². The van der Waals surface area contributed by atoms with Gasteiger partial charge in [-0.3, -0.25) is 9.59 Å². The number of pyridine rings is 1. The van der Waals surface area contributed by atoms with E-state index in [1.807, 2.05) is 47.9 Å². The van der Waals surface area contributed by atoms with Crippen molar-refractivity contribution in [3.8, 4) is 0 Å². The van der Waals surface area contributed by atoms with Gasteiger partial charge in [0, 0.05) is 28.5 Å². The molecule has 1 aliphatic heterocycles. The van der Waals surface area contributed by atoms with Crippen LogP contribution in [0.2, 0.25) is 0 Å². The van der Waals surface area contributed by atoms with Crippen LogP contribution in [0, 0.1) is 6.92 Å². The third-order valence-corrected chi connectivity index (χ3v) is 5.63. The Bertz CT molecular complexity index is 1030. The SMILES string of the molecule is Cc1cccc2nc(CNC(=O)C3CCCN3C(=O)c3ccc(Br)cc3)cn12. The molecule has 2 amide bonds. The second-order valence-electron chi connectivity index (χ2n) is 7.01.